The molecule has 1 aromatic carbocycles. The molecule has 0 spiro atoms. The maximum absolute atomic E-state index is 12.9. The van der Waals surface area contributed by atoms with Gasteiger partial charge in [0.25, 0.3) is 10.0 Å². The molecule has 0 aliphatic rings. The van der Waals surface area contributed by atoms with Crippen molar-refractivity contribution in [2.75, 3.05) is 4.72 Å². The molecule has 10 heteroatoms. The molecule has 0 saturated carbocycles. The van der Waals surface area contributed by atoms with Crippen LogP contribution in [0.1, 0.15) is 24.9 Å². The summed E-state index contributed by atoms with van der Waals surface area (Å²) in [7, 11) is -4.06. The van der Waals surface area contributed by atoms with Crippen LogP contribution in [0, 0.1) is 13.8 Å². The molecule has 0 unspecified atom stereocenters. The van der Waals surface area contributed by atoms with Crippen molar-refractivity contribution in [3.05, 3.63) is 35.9 Å². The summed E-state index contributed by atoms with van der Waals surface area (Å²) in [4.78, 5) is 3.98. The van der Waals surface area contributed by atoms with E-state index in [4.69, 9.17) is 0 Å². The van der Waals surface area contributed by atoms with Gasteiger partial charge in [-0.3, -0.25) is 4.72 Å². The molecule has 0 aliphatic heterocycles. The standard InChI is InChI=1S/C15H17F2N5O2S/c1-4-21-8-18-12-7-11(5-6-13(12)21)20-25(23,24)14-9(2)19-22(10(14)3)15(16)17/h5-8,15,20H,4H2,1-3H3. The SMILES string of the molecule is CCn1cnc2cc(NS(=O)(=O)c3c(C)nn(C(F)F)c3C)ccc21. The molecule has 2 aromatic heterocycles. The van der Waals surface area contributed by atoms with Crippen molar-refractivity contribution < 1.29 is 17.2 Å². The van der Waals surface area contributed by atoms with E-state index in [0.29, 0.717) is 15.9 Å². The molecule has 134 valence electrons. The Morgan fingerprint density at radius 2 is 2.00 bits per heavy atom. The van der Waals surface area contributed by atoms with Crippen molar-refractivity contribution in [1.29, 1.82) is 0 Å². The van der Waals surface area contributed by atoms with E-state index in [1.54, 1.807) is 24.5 Å². The second kappa shape index (κ2) is 6.10. The topological polar surface area (TPSA) is 81.8 Å². The summed E-state index contributed by atoms with van der Waals surface area (Å²) in [6.45, 7) is 2.49. The second-order valence-electron chi connectivity index (χ2n) is 5.56. The van der Waals surface area contributed by atoms with Crippen LogP contribution in [0.3, 0.4) is 0 Å². The minimum atomic E-state index is -4.06. The van der Waals surface area contributed by atoms with Crippen LogP contribution in [0.15, 0.2) is 29.4 Å². The largest absolute Gasteiger partial charge is 0.333 e. The lowest BCUT2D eigenvalue weighted by Gasteiger charge is -2.09. The van der Waals surface area contributed by atoms with E-state index in [2.05, 4.69) is 14.8 Å². The Bertz CT molecular complexity index is 1040. The molecule has 0 fully saturated rings. The lowest BCUT2D eigenvalue weighted by Crippen LogP contribution is -2.15. The number of hydrogen-bond acceptors (Lipinski definition) is 4. The first kappa shape index (κ1) is 17.3. The van der Waals surface area contributed by atoms with Gasteiger partial charge in [0.15, 0.2) is 0 Å². The minimum Gasteiger partial charge on any atom is -0.331 e. The zero-order valence-electron chi connectivity index (χ0n) is 13.9. The number of anilines is 1. The number of rotatable bonds is 5. The molecule has 3 rings (SSSR count). The fourth-order valence-electron chi connectivity index (χ4n) is 2.81. The molecule has 1 N–H and O–H groups in total. The van der Waals surface area contributed by atoms with Gasteiger partial charge < -0.3 is 4.57 Å². The number of sulfonamides is 1. The highest BCUT2D eigenvalue weighted by atomic mass is 32.2. The third-order valence-corrected chi connectivity index (χ3v) is 5.56. The van der Waals surface area contributed by atoms with Crippen LogP contribution in [0.4, 0.5) is 14.5 Å². The van der Waals surface area contributed by atoms with Crippen LogP contribution in [0.2, 0.25) is 0 Å². The monoisotopic (exact) mass is 369 g/mol. The Morgan fingerprint density at radius 1 is 1.28 bits per heavy atom. The van der Waals surface area contributed by atoms with E-state index in [9.17, 15) is 17.2 Å². The van der Waals surface area contributed by atoms with Gasteiger partial charge in [-0.25, -0.2) is 18.1 Å². The molecular weight excluding hydrogens is 352 g/mol. The quantitative estimate of drug-likeness (QED) is 0.749. The molecule has 0 bridgehead atoms. The summed E-state index contributed by atoms with van der Waals surface area (Å²) in [6, 6.07) is 4.96. The van der Waals surface area contributed by atoms with Gasteiger partial charge in [-0.2, -0.15) is 13.9 Å². The number of nitrogens with zero attached hydrogens (tertiary/aromatic N) is 4. The summed E-state index contributed by atoms with van der Waals surface area (Å²) in [6.07, 6.45) is 1.67. The second-order valence-corrected chi connectivity index (χ2v) is 7.18. The first-order chi connectivity index (χ1) is 11.7. The van der Waals surface area contributed by atoms with Crippen LogP contribution in [0.5, 0.6) is 0 Å². The molecule has 0 radical (unpaired) electrons. The van der Waals surface area contributed by atoms with Gasteiger partial charge in [0.2, 0.25) is 0 Å². The minimum absolute atomic E-state index is 0.0154. The first-order valence-corrected chi connectivity index (χ1v) is 9.04. The Hall–Kier alpha value is -2.49. The van der Waals surface area contributed by atoms with Crippen molar-refractivity contribution in [3.8, 4) is 0 Å². The molecule has 0 atom stereocenters. The van der Waals surface area contributed by atoms with E-state index in [1.165, 1.54) is 13.8 Å². The van der Waals surface area contributed by atoms with E-state index >= 15 is 0 Å². The van der Waals surface area contributed by atoms with Crippen LogP contribution in [-0.4, -0.2) is 27.7 Å². The van der Waals surface area contributed by atoms with Crippen LogP contribution in [-0.2, 0) is 16.6 Å². The van der Waals surface area contributed by atoms with Crippen LogP contribution in [0.25, 0.3) is 11.0 Å². The third-order valence-electron chi connectivity index (χ3n) is 3.93. The third kappa shape index (κ3) is 2.97. The number of aromatic nitrogens is 4. The summed E-state index contributed by atoms with van der Waals surface area (Å²) >= 11 is 0. The fraction of sp³-hybridized carbons (Fsp3) is 0.333. The summed E-state index contributed by atoms with van der Waals surface area (Å²) in [5.41, 5.74) is 1.72. The number of alkyl halides is 2. The first-order valence-electron chi connectivity index (χ1n) is 7.56. The maximum Gasteiger partial charge on any atom is 0.333 e. The summed E-state index contributed by atoms with van der Waals surface area (Å²) in [5, 5.41) is 3.61. The number of halogens is 2. The van der Waals surface area contributed by atoms with Crippen molar-refractivity contribution in [2.24, 2.45) is 0 Å². The van der Waals surface area contributed by atoms with Gasteiger partial charge in [0.05, 0.1) is 34.4 Å². The zero-order chi connectivity index (χ0) is 18.4. The van der Waals surface area contributed by atoms with E-state index in [0.717, 1.165) is 12.1 Å². The van der Waals surface area contributed by atoms with Gasteiger partial charge in [0, 0.05) is 6.54 Å². The number of nitrogens with one attached hydrogen (secondary N) is 1. The van der Waals surface area contributed by atoms with E-state index in [-0.39, 0.29) is 16.3 Å². The van der Waals surface area contributed by atoms with Crippen LogP contribution < -0.4 is 4.72 Å². The van der Waals surface area contributed by atoms with Gasteiger partial charge in [-0.1, -0.05) is 0 Å². The average molecular weight is 369 g/mol. The van der Waals surface area contributed by atoms with Gasteiger partial charge in [-0.05, 0) is 39.0 Å². The van der Waals surface area contributed by atoms with Crippen molar-refractivity contribution in [3.63, 3.8) is 0 Å². The molecule has 7 nitrogen and oxygen atoms in total. The highest BCUT2D eigenvalue weighted by Gasteiger charge is 2.27. The summed E-state index contributed by atoms with van der Waals surface area (Å²) in [5.74, 6) is 0. The normalized spacial score (nSPS) is 12.2. The Kier molecular flexibility index (Phi) is 4.23. The summed E-state index contributed by atoms with van der Waals surface area (Å²) < 4.78 is 55.9. The lowest BCUT2D eigenvalue weighted by atomic mass is 10.3. The average Bonchev–Trinajstić information content (AvgIpc) is 3.07. The lowest BCUT2D eigenvalue weighted by molar-refractivity contribution is 0.0538. The molecule has 0 saturated heterocycles. The molecule has 25 heavy (non-hydrogen) atoms. The molecule has 3 aromatic rings. The molecule has 2 heterocycles. The van der Waals surface area contributed by atoms with Crippen molar-refractivity contribution in [1.82, 2.24) is 19.3 Å². The maximum atomic E-state index is 12.9. The smallest absolute Gasteiger partial charge is 0.331 e. The number of hydrogen-bond donors (Lipinski definition) is 1. The predicted molar refractivity (Wildman–Crippen MR) is 89.2 cm³/mol. The van der Waals surface area contributed by atoms with Gasteiger partial charge in [-0.15, -0.1) is 0 Å². The molecular formula is C15H17F2N5O2S. The highest BCUT2D eigenvalue weighted by Crippen LogP contribution is 2.26. The van der Waals surface area contributed by atoms with Gasteiger partial charge >= 0.3 is 6.55 Å². The Morgan fingerprint density at radius 3 is 2.60 bits per heavy atom. The van der Waals surface area contributed by atoms with E-state index in [1.807, 2.05) is 11.5 Å². The molecule has 0 aliphatic carbocycles. The van der Waals surface area contributed by atoms with Crippen molar-refractivity contribution >= 4 is 26.7 Å². The number of aryl methyl sites for hydroxylation is 2. The van der Waals surface area contributed by atoms with Crippen molar-refractivity contribution in [2.45, 2.75) is 38.8 Å². The number of fused-ring (bicyclic) bond motifs is 1. The van der Waals surface area contributed by atoms with E-state index < -0.39 is 16.6 Å². The Balaban J connectivity index is 2.00. The Labute approximate surface area is 143 Å². The number of imidazole rings is 1. The fourth-order valence-corrected chi connectivity index (χ4v) is 4.26. The zero-order valence-corrected chi connectivity index (χ0v) is 14.7. The number of benzene rings is 1. The van der Waals surface area contributed by atoms with Crippen LogP contribution >= 0.6 is 0 Å². The predicted octanol–water partition coefficient (Wildman–Crippen LogP) is 3.07. The van der Waals surface area contributed by atoms with Gasteiger partial charge in [0.1, 0.15) is 4.90 Å². The highest BCUT2D eigenvalue weighted by molar-refractivity contribution is 7.92. The molecule has 0 amide bonds.